The van der Waals surface area contributed by atoms with Gasteiger partial charge in [-0.3, -0.25) is 0 Å². The van der Waals surface area contributed by atoms with Gasteiger partial charge in [0.1, 0.15) is 5.82 Å². The number of halogens is 1. The number of nitrogen functional groups attached to an aromatic ring is 1. The van der Waals surface area contributed by atoms with E-state index in [1.807, 2.05) is 36.5 Å². The second-order valence-electron chi connectivity index (χ2n) is 2.82. The first-order valence-corrected chi connectivity index (χ1v) is 4.75. The lowest BCUT2D eigenvalue weighted by Crippen LogP contribution is -1.80. The first-order chi connectivity index (χ1) is 6.27. The summed E-state index contributed by atoms with van der Waals surface area (Å²) < 4.78 is 1.08. The minimum Gasteiger partial charge on any atom is -0.385 e. The maximum Gasteiger partial charge on any atom is 0.101 e. The monoisotopic (exact) mass is 236 g/mol. The molecule has 0 saturated carbocycles. The molecule has 13 heavy (non-hydrogen) atoms. The van der Waals surface area contributed by atoms with Crippen molar-refractivity contribution in [1.29, 1.82) is 0 Å². The number of hydrogen-bond acceptors (Lipinski definition) is 1. The van der Waals surface area contributed by atoms with Gasteiger partial charge in [0.25, 0.3) is 0 Å². The Morgan fingerprint density at radius 1 is 1.23 bits per heavy atom. The lowest BCUT2D eigenvalue weighted by molar-refractivity contribution is 1.41. The molecule has 0 radical (unpaired) electrons. The van der Waals surface area contributed by atoms with Crippen LogP contribution in [0.4, 0.5) is 5.82 Å². The zero-order valence-corrected chi connectivity index (χ0v) is 8.51. The molecule has 0 fully saturated rings. The van der Waals surface area contributed by atoms with Crippen molar-refractivity contribution < 1.29 is 0 Å². The van der Waals surface area contributed by atoms with Crippen molar-refractivity contribution in [1.82, 2.24) is 4.98 Å². The van der Waals surface area contributed by atoms with Gasteiger partial charge in [-0.05, 0) is 17.7 Å². The molecule has 1 aromatic carbocycles. The van der Waals surface area contributed by atoms with Gasteiger partial charge >= 0.3 is 0 Å². The van der Waals surface area contributed by atoms with E-state index in [1.54, 1.807) is 0 Å². The van der Waals surface area contributed by atoms with Crippen molar-refractivity contribution in [2.24, 2.45) is 0 Å². The highest BCUT2D eigenvalue weighted by molar-refractivity contribution is 9.10. The average Bonchev–Trinajstić information content (AvgIpc) is 2.53. The van der Waals surface area contributed by atoms with E-state index in [-0.39, 0.29) is 0 Å². The van der Waals surface area contributed by atoms with Gasteiger partial charge in [0.2, 0.25) is 0 Å². The van der Waals surface area contributed by atoms with Gasteiger partial charge < -0.3 is 10.7 Å². The molecule has 0 spiro atoms. The van der Waals surface area contributed by atoms with Crippen LogP contribution in [0.15, 0.2) is 41.0 Å². The summed E-state index contributed by atoms with van der Waals surface area (Å²) in [4.78, 5) is 2.95. The van der Waals surface area contributed by atoms with Crippen molar-refractivity contribution in [3.05, 3.63) is 41.0 Å². The summed E-state index contributed by atoms with van der Waals surface area (Å²) in [5, 5.41) is 0. The summed E-state index contributed by atoms with van der Waals surface area (Å²) in [7, 11) is 0. The van der Waals surface area contributed by atoms with Crippen molar-refractivity contribution in [2.75, 3.05) is 5.73 Å². The Labute approximate surface area is 84.9 Å². The zero-order chi connectivity index (χ0) is 9.26. The second-order valence-corrected chi connectivity index (χ2v) is 3.68. The predicted octanol–water partition coefficient (Wildman–Crippen LogP) is 3.03. The molecule has 0 aliphatic heterocycles. The topological polar surface area (TPSA) is 41.8 Å². The largest absolute Gasteiger partial charge is 0.385 e. The first-order valence-electron chi connectivity index (χ1n) is 3.96. The van der Waals surface area contributed by atoms with E-state index in [0.29, 0.717) is 5.82 Å². The predicted molar refractivity (Wildman–Crippen MR) is 58.3 cm³/mol. The van der Waals surface area contributed by atoms with Gasteiger partial charge in [-0.1, -0.05) is 34.1 Å². The normalized spacial score (nSPS) is 10.2. The Morgan fingerprint density at radius 3 is 2.62 bits per heavy atom. The van der Waals surface area contributed by atoms with Crippen molar-refractivity contribution in [3.63, 3.8) is 0 Å². The SMILES string of the molecule is Nc1cc(-c2ccccc2Br)c[nH]1. The fourth-order valence-corrected chi connectivity index (χ4v) is 1.78. The van der Waals surface area contributed by atoms with Crippen LogP contribution >= 0.6 is 15.9 Å². The van der Waals surface area contributed by atoms with E-state index in [0.717, 1.165) is 15.6 Å². The maximum atomic E-state index is 5.60. The summed E-state index contributed by atoms with van der Waals surface area (Å²) in [6.07, 6.45) is 1.90. The highest BCUT2D eigenvalue weighted by Crippen LogP contribution is 2.28. The highest BCUT2D eigenvalue weighted by Gasteiger charge is 2.02. The molecule has 0 saturated heterocycles. The quantitative estimate of drug-likeness (QED) is 0.786. The van der Waals surface area contributed by atoms with Crippen LogP contribution in [0, 0.1) is 0 Å². The fourth-order valence-electron chi connectivity index (χ4n) is 1.26. The Hall–Kier alpha value is -1.22. The van der Waals surface area contributed by atoms with E-state index < -0.39 is 0 Å². The van der Waals surface area contributed by atoms with Crippen molar-refractivity contribution in [2.45, 2.75) is 0 Å². The first kappa shape index (κ1) is 8.38. The third-order valence-corrected chi connectivity index (χ3v) is 2.58. The Bertz CT molecular complexity index is 420. The number of aromatic nitrogens is 1. The summed E-state index contributed by atoms with van der Waals surface area (Å²) >= 11 is 3.49. The van der Waals surface area contributed by atoms with Gasteiger partial charge in [0, 0.05) is 16.2 Å². The van der Waals surface area contributed by atoms with Crippen LogP contribution in [0.1, 0.15) is 0 Å². The minimum absolute atomic E-state index is 0.686. The van der Waals surface area contributed by atoms with E-state index in [1.165, 1.54) is 0 Å². The fraction of sp³-hybridized carbons (Fsp3) is 0. The van der Waals surface area contributed by atoms with Gasteiger partial charge in [-0.15, -0.1) is 0 Å². The molecule has 0 atom stereocenters. The summed E-state index contributed by atoms with van der Waals surface area (Å²) in [6, 6.07) is 9.97. The van der Waals surface area contributed by atoms with Crippen LogP contribution in [-0.2, 0) is 0 Å². The number of aromatic amines is 1. The molecule has 0 aliphatic rings. The third-order valence-electron chi connectivity index (χ3n) is 1.89. The van der Waals surface area contributed by atoms with Crippen LogP contribution in [-0.4, -0.2) is 4.98 Å². The van der Waals surface area contributed by atoms with E-state index in [9.17, 15) is 0 Å². The Balaban J connectivity index is 2.52. The minimum atomic E-state index is 0.686. The molecular formula is C10H9BrN2. The van der Waals surface area contributed by atoms with Crippen LogP contribution < -0.4 is 5.73 Å². The Morgan fingerprint density at radius 2 is 2.00 bits per heavy atom. The number of rotatable bonds is 1. The van der Waals surface area contributed by atoms with Crippen LogP contribution in [0.5, 0.6) is 0 Å². The second kappa shape index (κ2) is 3.26. The molecule has 2 rings (SSSR count). The molecule has 2 nitrogen and oxygen atoms in total. The molecule has 2 aromatic rings. The Kier molecular flexibility index (Phi) is 2.10. The van der Waals surface area contributed by atoms with Crippen LogP contribution in [0.25, 0.3) is 11.1 Å². The highest BCUT2D eigenvalue weighted by atomic mass is 79.9. The van der Waals surface area contributed by atoms with Crippen molar-refractivity contribution >= 4 is 21.7 Å². The molecule has 0 unspecified atom stereocenters. The summed E-state index contributed by atoms with van der Waals surface area (Å²) in [5.74, 6) is 0.686. The number of anilines is 1. The van der Waals surface area contributed by atoms with E-state index in [4.69, 9.17) is 5.73 Å². The third kappa shape index (κ3) is 1.60. The molecule has 0 amide bonds. The van der Waals surface area contributed by atoms with E-state index >= 15 is 0 Å². The molecule has 3 heteroatoms. The number of H-pyrrole nitrogens is 1. The lowest BCUT2D eigenvalue weighted by atomic mass is 10.1. The number of benzene rings is 1. The molecule has 3 N–H and O–H groups in total. The smallest absolute Gasteiger partial charge is 0.101 e. The molecule has 0 aliphatic carbocycles. The van der Waals surface area contributed by atoms with Gasteiger partial charge in [-0.2, -0.15) is 0 Å². The van der Waals surface area contributed by atoms with Crippen LogP contribution in [0.3, 0.4) is 0 Å². The molecule has 66 valence electrons. The molecule has 0 bridgehead atoms. The summed E-state index contributed by atoms with van der Waals surface area (Å²) in [6.45, 7) is 0. The van der Waals surface area contributed by atoms with E-state index in [2.05, 4.69) is 20.9 Å². The standard InChI is InChI=1S/C10H9BrN2/c11-9-4-2-1-3-8(9)7-5-10(12)13-6-7/h1-6,13H,12H2. The number of nitrogens with one attached hydrogen (secondary N) is 1. The molecular weight excluding hydrogens is 228 g/mol. The van der Waals surface area contributed by atoms with Crippen molar-refractivity contribution in [3.8, 4) is 11.1 Å². The van der Waals surface area contributed by atoms with Crippen LogP contribution in [0.2, 0.25) is 0 Å². The van der Waals surface area contributed by atoms with Gasteiger partial charge in [0.15, 0.2) is 0 Å². The average molecular weight is 237 g/mol. The lowest BCUT2D eigenvalue weighted by Gasteiger charge is -1.99. The maximum absolute atomic E-state index is 5.60. The van der Waals surface area contributed by atoms with Gasteiger partial charge in [0.05, 0.1) is 0 Å². The van der Waals surface area contributed by atoms with Gasteiger partial charge in [-0.25, -0.2) is 0 Å². The number of hydrogen-bond donors (Lipinski definition) is 2. The molecule has 1 aromatic heterocycles. The zero-order valence-electron chi connectivity index (χ0n) is 6.92. The number of nitrogens with two attached hydrogens (primary N) is 1. The molecule has 1 heterocycles. The summed E-state index contributed by atoms with van der Waals surface area (Å²) in [5.41, 5.74) is 7.85.